The number of halogens is 1. The summed E-state index contributed by atoms with van der Waals surface area (Å²) in [5, 5.41) is 19.2. The highest BCUT2D eigenvalue weighted by atomic mass is 35.5. The number of rotatable bonds is 5. The minimum absolute atomic E-state index is 0.141. The maximum atomic E-state index is 9.23. The fourth-order valence-corrected chi connectivity index (χ4v) is 3.28. The molecular formula is C14H19ClO3. The predicted octanol–water partition coefficient (Wildman–Crippen LogP) is 2.37. The van der Waals surface area contributed by atoms with Crippen molar-refractivity contribution in [2.75, 3.05) is 20.3 Å². The quantitative estimate of drug-likeness (QED) is 0.864. The van der Waals surface area contributed by atoms with E-state index in [0.29, 0.717) is 12.3 Å². The summed E-state index contributed by atoms with van der Waals surface area (Å²) >= 11 is 6.25. The van der Waals surface area contributed by atoms with Crippen LogP contribution in [0.2, 0.25) is 5.02 Å². The highest BCUT2D eigenvalue weighted by Gasteiger charge is 2.35. The molecule has 100 valence electrons. The van der Waals surface area contributed by atoms with E-state index in [4.69, 9.17) is 21.4 Å². The molecule has 2 rings (SSSR count). The first kappa shape index (κ1) is 13.7. The molecule has 0 radical (unpaired) electrons. The van der Waals surface area contributed by atoms with Crippen molar-refractivity contribution < 1.29 is 14.9 Å². The molecule has 0 bridgehead atoms. The standard InChI is InChI=1S/C14H19ClO3/c1-18-13-3-2-12(15)11-8-9(4-6-16)10(5-7-17)14(11)13/h2-3,9-10,16-17H,4-8H2,1H3. The third-order valence-corrected chi connectivity index (χ3v) is 4.18. The Hall–Kier alpha value is -0.770. The molecular weight excluding hydrogens is 252 g/mol. The summed E-state index contributed by atoms with van der Waals surface area (Å²) in [7, 11) is 1.65. The molecule has 18 heavy (non-hydrogen) atoms. The van der Waals surface area contributed by atoms with Gasteiger partial charge in [0, 0.05) is 23.8 Å². The fraction of sp³-hybridized carbons (Fsp3) is 0.571. The van der Waals surface area contributed by atoms with Gasteiger partial charge in [-0.05, 0) is 48.8 Å². The normalized spacial score (nSPS) is 22.0. The number of methoxy groups -OCH3 is 1. The second-order valence-electron chi connectivity index (χ2n) is 4.74. The number of hydrogen-bond acceptors (Lipinski definition) is 3. The minimum atomic E-state index is 0.141. The van der Waals surface area contributed by atoms with Gasteiger partial charge in [0.2, 0.25) is 0 Å². The Labute approximate surface area is 112 Å². The zero-order valence-electron chi connectivity index (χ0n) is 10.5. The van der Waals surface area contributed by atoms with Gasteiger partial charge in [-0.1, -0.05) is 11.6 Å². The molecule has 1 aromatic rings. The Bertz CT molecular complexity index is 420. The van der Waals surface area contributed by atoms with Crippen LogP contribution in [0.1, 0.15) is 29.9 Å². The van der Waals surface area contributed by atoms with E-state index in [9.17, 15) is 5.11 Å². The molecule has 0 aromatic heterocycles. The van der Waals surface area contributed by atoms with Gasteiger partial charge in [-0.2, -0.15) is 0 Å². The first-order chi connectivity index (χ1) is 8.72. The molecule has 1 aliphatic carbocycles. The number of benzene rings is 1. The first-order valence-electron chi connectivity index (χ1n) is 6.29. The molecule has 0 heterocycles. The number of aliphatic hydroxyl groups is 2. The van der Waals surface area contributed by atoms with Crippen LogP contribution in [0.3, 0.4) is 0 Å². The van der Waals surface area contributed by atoms with Gasteiger partial charge in [-0.15, -0.1) is 0 Å². The molecule has 0 amide bonds. The van der Waals surface area contributed by atoms with Gasteiger partial charge in [-0.3, -0.25) is 0 Å². The first-order valence-corrected chi connectivity index (χ1v) is 6.67. The minimum Gasteiger partial charge on any atom is -0.496 e. The molecule has 0 fully saturated rings. The van der Waals surface area contributed by atoms with Crippen LogP contribution in [-0.2, 0) is 6.42 Å². The van der Waals surface area contributed by atoms with Gasteiger partial charge >= 0.3 is 0 Å². The average Bonchev–Trinajstić information content (AvgIpc) is 2.72. The predicted molar refractivity (Wildman–Crippen MR) is 71.3 cm³/mol. The van der Waals surface area contributed by atoms with Gasteiger partial charge in [0.1, 0.15) is 5.75 Å². The molecule has 0 aliphatic heterocycles. The molecule has 0 saturated carbocycles. The Morgan fingerprint density at radius 3 is 2.61 bits per heavy atom. The molecule has 1 aromatic carbocycles. The molecule has 1 aliphatic rings. The molecule has 0 spiro atoms. The Morgan fingerprint density at radius 2 is 2.00 bits per heavy atom. The topological polar surface area (TPSA) is 49.7 Å². The van der Waals surface area contributed by atoms with Crippen LogP contribution in [0.5, 0.6) is 5.75 Å². The number of fused-ring (bicyclic) bond motifs is 1. The van der Waals surface area contributed by atoms with Crippen LogP contribution in [-0.4, -0.2) is 30.5 Å². The molecule has 2 N–H and O–H groups in total. The molecule has 3 nitrogen and oxygen atoms in total. The summed E-state index contributed by atoms with van der Waals surface area (Å²) in [6, 6.07) is 3.74. The lowest BCUT2D eigenvalue weighted by molar-refractivity contribution is 0.221. The number of ether oxygens (including phenoxy) is 1. The number of aliphatic hydroxyl groups excluding tert-OH is 2. The summed E-state index contributed by atoms with van der Waals surface area (Å²) in [6.45, 7) is 0.308. The van der Waals surface area contributed by atoms with E-state index in [1.807, 2.05) is 12.1 Å². The smallest absolute Gasteiger partial charge is 0.122 e. The lowest BCUT2D eigenvalue weighted by Gasteiger charge is -2.20. The molecule has 4 heteroatoms. The van der Waals surface area contributed by atoms with Gasteiger partial charge in [-0.25, -0.2) is 0 Å². The van der Waals surface area contributed by atoms with Crippen molar-refractivity contribution in [3.63, 3.8) is 0 Å². The zero-order chi connectivity index (χ0) is 13.1. The van der Waals surface area contributed by atoms with Crippen molar-refractivity contribution in [2.45, 2.75) is 25.2 Å². The van der Waals surface area contributed by atoms with Gasteiger partial charge in [0.05, 0.1) is 7.11 Å². The fourth-order valence-electron chi connectivity index (χ4n) is 3.04. The Balaban J connectivity index is 2.42. The maximum Gasteiger partial charge on any atom is 0.122 e. The molecule has 0 saturated heterocycles. The summed E-state index contributed by atoms with van der Waals surface area (Å²) in [6.07, 6.45) is 2.28. The zero-order valence-corrected chi connectivity index (χ0v) is 11.3. The van der Waals surface area contributed by atoms with E-state index >= 15 is 0 Å². The third-order valence-electron chi connectivity index (χ3n) is 3.83. The van der Waals surface area contributed by atoms with E-state index in [1.54, 1.807) is 7.11 Å². The second-order valence-corrected chi connectivity index (χ2v) is 5.14. The summed E-state index contributed by atoms with van der Waals surface area (Å²) in [4.78, 5) is 0. The van der Waals surface area contributed by atoms with Crippen LogP contribution in [0.4, 0.5) is 0 Å². The Kier molecular flexibility index (Phi) is 4.49. The SMILES string of the molecule is COc1ccc(Cl)c2c1C(CCO)C(CCO)C2. The van der Waals surface area contributed by atoms with Crippen molar-refractivity contribution >= 4 is 11.6 Å². The van der Waals surface area contributed by atoms with Crippen molar-refractivity contribution in [3.05, 3.63) is 28.3 Å². The third kappa shape index (κ3) is 2.35. The van der Waals surface area contributed by atoms with E-state index in [1.165, 1.54) is 0 Å². The van der Waals surface area contributed by atoms with E-state index in [-0.39, 0.29) is 19.1 Å². The lowest BCUT2D eigenvalue weighted by Crippen LogP contribution is -2.11. The van der Waals surface area contributed by atoms with Crippen molar-refractivity contribution in [3.8, 4) is 5.75 Å². The molecule has 2 unspecified atom stereocenters. The second kappa shape index (κ2) is 5.91. The molecule has 2 atom stereocenters. The summed E-state index contributed by atoms with van der Waals surface area (Å²) in [5.74, 6) is 1.41. The van der Waals surface area contributed by atoms with Crippen molar-refractivity contribution in [2.24, 2.45) is 5.92 Å². The van der Waals surface area contributed by atoms with Gasteiger partial charge < -0.3 is 14.9 Å². The van der Waals surface area contributed by atoms with Crippen LogP contribution in [0, 0.1) is 5.92 Å². The van der Waals surface area contributed by atoms with Crippen LogP contribution in [0.15, 0.2) is 12.1 Å². The van der Waals surface area contributed by atoms with Crippen LogP contribution < -0.4 is 4.74 Å². The van der Waals surface area contributed by atoms with E-state index < -0.39 is 0 Å². The monoisotopic (exact) mass is 270 g/mol. The Morgan fingerprint density at radius 1 is 1.28 bits per heavy atom. The van der Waals surface area contributed by atoms with Crippen molar-refractivity contribution in [1.29, 1.82) is 0 Å². The van der Waals surface area contributed by atoms with E-state index in [0.717, 1.165) is 34.7 Å². The summed E-state index contributed by atoms with van der Waals surface area (Å²) in [5.41, 5.74) is 2.24. The van der Waals surface area contributed by atoms with Crippen molar-refractivity contribution in [1.82, 2.24) is 0 Å². The maximum absolute atomic E-state index is 9.23. The highest BCUT2D eigenvalue weighted by molar-refractivity contribution is 6.31. The van der Waals surface area contributed by atoms with E-state index in [2.05, 4.69) is 0 Å². The van der Waals surface area contributed by atoms with Crippen LogP contribution in [0.25, 0.3) is 0 Å². The highest BCUT2D eigenvalue weighted by Crippen LogP contribution is 2.48. The van der Waals surface area contributed by atoms with Gasteiger partial charge in [0.25, 0.3) is 0 Å². The van der Waals surface area contributed by atoms with Crippen LogP contribution >= 0.6 is 11.6 Å². The average molecular weight is 271 g/mol. The lowest BCUT2D eigenvalue weighted by atomic mass is 9.87. The largest absolute Gasteiger partial charge is 0.496 e. The number of hydrogen-bond donors (Lipinski definition) is 2. The van der Waals surface area contributed by atoms with Gasteiger partial charge in [0.15, 0.2) is 0 Å². The summed E-state index contributed by atoms with van der Waals surface area (Å²) < 4.78 is 5.41.